The smallest absolute Gasteiger partial charge is 0.376 e. The highest BCUT2D eigenvalue weighted by Gasteiger charge is 2.47. The third-order valence-corrected chi connectivity index (χ3v) is 4.26. The van der Waals surface area contributed by atoms with Crippen molar-refractivity contribution in [1.29, 1.82) is 0 Å². The summed E-state index contributed by atoms with van der Waals surface area (Å²) in [6.07, 6.45) is -4.31. The number of hydrazine groups is 1. The molecule has 0 aromatic heterocycles. The molecule has 1 aliphatic rings. The molecule has 26 heavy (non-hydrogen) atoms. The van der Waals surface area contributed by atoms with Crippen molar-refractivity contribution in [1.82, 2.24) is 15.8 Å². The van der Waals surface area contributed by atoms with Crippen LogP contribution in [-0.2, 0) is 15.8 Å². The van der Waals surface area contributed by atoms with Crippen molar-refractivity contribution >= 4 is 35.1 Å². The van der Waals surface area contributed by atoms with E-state index in [1.54, 1.807) is 6.92 Å². The van der Waals surface area contributed by atoms with Gasteiger partial charge in [-0.25, -0.2) is 4.79 Å². The van der Waals surface area contributed by atoms with Crippen LogP contribution in [0, 0.1) is 0 Å². The number of alkyl halides is 3. The number of benzene rings is 1. The molecule has 1 saturated heterocycles. The highest BCUT2D eigenvalue weighted by Crippen LogP contribution is 2.36. The highest BCUT2D eigenvalue weighted by molar-refractivity contribution is 6.31. The Morgan fingerprint density at radius 3 is 2.54 bits per heavy atom. The first-order valence-electron chi connectivity index (χ1n) is 7.54. The van der Waals surface area contributed by atoms with E-state index in [4.69, 9.17) is 11.6 Å². The van der Waals surface area contributed by atoms with Crippen LogP contribution in [0.4, 0.5) is 23.7 Å². The lowest BCUT2D eigenvalue weighted by Gasteiger charge is -2.19. The van der Waals surface area contributed by atoms with Gasteiger partial charge in [0.1, 0.15) is 5.54 Å². The number of urea groups is 1. The van der Waals surface area contributed by atoms with Gasteiger partial charge in [-0.2, -0.15) is 18.2 Å². The summed E-state index contributed by atoms with van der Waals surface area (Å²) in [5.41, 5.74) is -0.0362. The van der Waals surface area contributed by atoms with E-state index in [1.807, 2.05) is 0 Å². The zero-order valence-corrected chi connectivity index (χ0v) is 14.6. The number of nitrogens with zero attached hydrogens (tertiary/aromatic N) is 1. The zero-order chi connectivity index (χ0) is 19.7. The molecule has 1 atom stereocenters. The first-order valence-corrected chi connectivity index (χ1v) is 7.92. The summed E-state index contributed by atoms with van der Waals surface area (Å²) in [5, 5.41) is 5.02. The average Bonchev–Trinajstić information content (AvgIpc) is 2.77. The van der Waals surface area contributed by atoms with E-state index >= 15 is 0 Å². The molecular weight excluding hydrogens is 377 g/mol. The summed E-state index contributed by atoms with van der Waals surface area (Å²) in [6.45, 7) is 2.76. The molecule has 11 heteroatoms. The Morgan fingerprint density at radius 2 is 2.00 bits per heavy atom. The number of halogens is 4. The van der Waals surface area contributed by atoms with Gasteiger partial charge in [-0.1, -0.05) is 18.5 Å². The second-order valence-corrected chi connectivity index (χ2v) is 6.24. The molecule has 0 saturated carbocycles. The van der Waals surface area contributed by atoms with Crippen molar-refractivity contribution in [3.8, 4) is 0 Å². The first-order chi connectivity index (χ1) is 12.0. The highest BCUT2D eigenvalue weighted by atomic mass is 35.5. The zero-order valence-electron chi connectivity index (χ0n) is 13.8. The number of imide groups is 1. The summed E-state index contributed by atoms with van der Waals surface area (Å²) in [5.74, 6) is -1.40. The maximum atomic E-state index is 12.8. The van der Waals surface area contributed by atoms with E-state index in [1.165, 1.54) is 13.0 Å². The Labute approximate surface area is 151 Å². The van der Waals surface area contributed by atoms with Gasteiger partial charge in [-0.05, 0) is 31.5 Å². The summed E-state index contributed by atoms with van der Waals surface area (Å²) >= 11 is 5.51. The fourth-order valence-corrected chi connectivity index (χ4v) is 2.45. The largest absolute Gasteiger partial charge is 0.417 e. The molecule has 0 bridgehead atoms. The van der Waals surface area contributed by atoms with E-state index in [2.05, 4.69) is 16.1 Å². The first kappa shape index (κ1) is 19.8. The minimum atomic E-state index is -4.64. The van der Waals surface area contributed by atoms with Crippen LogP contribution in [0.3, 0.4) is 0 Å². The van der Waals surface area contributed by atoms with Crippen LogP contribution in [0.25, 0.3) is 0 Å². The Hall–Kier alpha value is -2.49. The van der Waals surface area contributed by atoms with Crippen LogP contribution in [0.2, 0.25) is 5.02 Å². The van der Waals surface area contributed by atoms with E-state index in [0.717, 1.165) is 12.1 Å². The Balaban J connectivity index is 2.00. The monoisotopic (exact) mass is 392 g/mol. The molecule has 7 nitrogen and oxygen atoms in total. The quantitative estimate of drug-likeness (QED) is 0.672. The number of carbonyl (C=O) groups excluding carboxylic acids is 3. The van der Waals surface area contributed by atoms with Crippen LogP contribution in [-0.4, -0.2) is 34.9 Å². The van der Waals surface area contributed by atoms with Crippen LogP contribution in [0.15, 0.2) is 18.2 Å². The van der Waals surface area contributed by atoms with Crippen molar-refractivity contribution in [2.24, 2.45) is 0 Å². The summed E-state index contributed by atoms with van der Waals surface area (Å²) < 4.78 is 38.4. The fraction of sp³-hybridized carbons (Fsp3) is 0.400. The van der Waals surface area contributed by atoms with E-state index in [-0.39, 0.29) is 5.69 Å². The molecule has 0 spiro atoms. The van der Waals surface area contributed by atoms with Gasteiger partial charge in [0.2, 0.25) is 0 Å². The number of rotatable bonds is 5. The van der Waals surface area contributed by atoms with Gasteiger partial charge in [0.15, 0.2) is 0 Å². The Morgan fingerprint density at radius 1 is 1.35 bits per heavy atom. The maximum Gasteiger partial charge on any atom is 0.417 e. The molecule has 1 aromatic rings. The molecule has 1 aliphatic heterocycles. The Kier molecular flexibility index (Phi) is 5.36. The number of hydrogen-bond donors (Lipinski definition) is 3. The maximum absolute atomic E-state index is 12.8. The third-order valence-electron chi connectivity index (χ3n) is 3.93. The van der Waals surface area contributed by atoms with Crippen molar-refractivity contribution in [2.75, 3.05) is 11.9 Å². The predicted octanol–water partition coefficient (Wildman–Crippen LogP) is 2.52. The summed E-state index contributed by atoms with van der Waals surface area (Å²) in [6, 6.07) is 2.30. The average molecular weight is 393 g/mol. The van der Waals surface area contributed by atoms with Crippen molar-refractivity contribution in [3.05, 3.63) is 28.8 Å². The molecule has 0 unspecified atom stereocenters. The standard InChI is InChI=1S/C15H16ClF3N4O3/c1-3-14(2)12(25)23(13(26)21-14)22-11(24)7-20-8-4-5-10(16)9(6-8)15(17,18)19/h4-6,20H,3,7H2,1-2H3,(H,21,26)(H,22,24)/t14-/m0/s1. The van der Waals surface area contributed by atoms with Crippen LogP contribution < -0.4 is 16.1 Å². The van der Waals surface area contributed by atoms with Gasteiger partial charge in [0, 0.05) is 5.69 Å². The van der Waals surface area contributed by atoms with E-state index in [0.29, 0.717) is 11.4 Å². The predicted molar refractivity (Wildman–Crippen MR) is 87.2 cm³/mol. The molecule has 4 amide bonds. The molecule has 0 aliphatic carbocycles. The van der Waals surface area contributed by atoms with Gasteiger partial charge in [0.05, 0.1) is 17.1 Å². The summed E-state index contributed by atoms with van der Waals surface area (Å²) in [4.78, 5) is 35.8. The van der Waals surface area contributed by atoms with E-state index < -0.39 is 46.7 Å². The number of carbonyl (C=O) groups is 3. The Bertz CT molecular complexity index is 756. The van der Waals surface area contributed by atoms with E-state index in [9.17, 15) is 27.6 Å². The van der Waals surface area contributed by atoms with Gasteiger partial charge >= 0.3 is 12.2 Å². The molecule has 2 rings (SSSR count). The molecule has 1 fully saturated rings. The molecular formula is C15H16ClF3N4O3. The number of hydrogen-bond acceptors (Lipinski definition) is 4. The number of nitrogens with one attached hydrogen (secondary N) is 3. The number of anilines is 1. The van der Waals surface area contributed by atoms with Gasteiger partial charge in [-0.3, -0.25) is 15.0 Å². The summed E-state index contributed by atoms with van der Waals surface area (Å²) in [7, 11) is 0. The molecule has 1 heterocycles. The van der Waals surface area contributed by atoms with Crippen LogP contribution in [0.1, 0.15) is 25.8 Å². The molecule has 0 radical (unpaired) electrons. The minimum absolute atomic E-state index is 0.00692. The van der Waals surface area contributed by atoms with Gasteiger partial charge in [-0.15, -0.1) is 0 Å². The van der Waals surface area contributed by atoms with Crippen LogP contribution in [0.5, 0.6) is 0 Å². The van der Waals surface area contributed by atoms with Gasteiger partial charge < -0.3 is 10.6 Å². The van der Waals surface area contributed by atoms with Crippen molar-refractivity contribution in [3.63, 3.8) is 0 Å². The SMILES string of the molecule is CC[C@]1(C)NC(=O)N(NC(=O)CNc2ccc(Cl)c(C(F)(F)F)c2)C1=O. The van der Waals surface area contributed by atoms with Crippen molar-refractivity contribution < 1.29 is 27.6 Å². The second-order valence-electron chi connectivity index (χ2n) is 5.84. The second kappa shape index (κ2) is 7.02. The lowest BCUT2D eigenvalue weighted by Crippen LogP contribution is -2.50. The lowest BCUT2D eigenvalue weighted by atomic mass is 10.00. The topological polar surface area (TPSA) is 90.5 Å². The molecule has 142 valence electrons. The van der Waals surface area contributed by atoms with Gasteiger partial charge in [0.25, 0.3) is 11.8 Å². The molecule has 1 aromatic carbocycles. The van der Waals surface area contributed by atoms with Crippen LogP contribution >= 0.6 is 11.6 Å². The lowest BCUT2D eigenvalue weighted by molar-refractivity contribution is -0.138. The normalized spacial score (nSPS) is 20.2. The molecule has 3 N–H and O–H groups in total. The minimum Gasteiger partial charge on any atom is -0.376 e. The third kappa shape index (κ3) is 4.01. The number of amides is 4. The fourth-order valence-electron chi connectivity index (χ4n) is 2.22. The van der Waals surface area contributed by atoms with Crippen molar-refractivity contribution in [2.45, 2.75) is 32.0 Å².